The summed E-state index contributed by atoms with van der Waals surface area (Å²) in [6.45, 7) is 0.965. The van der Waals surface area contributed by atoms with Crippen molar-refractivity contribution in [2.24, 2.45) is 5.92 Å². The van der Waals surface area contributed by atoms with Crippen molar-refractivity contribution in [2.75, 3.05) is 20.7 Å². The molecule has 0 saturated carbocycles. The second-order valence-corrected chi connectivity index (χ2v) is 5.35. The van der Waals surface area contributed by atoms with Crippen LogP contribution in [0.3, 0.4) is 0 Å². The van der Waals surface area contributed by atoms with Gasteiger partial charge in [-0.05, 0) is 67.7 Å². The van der Waals surface area contributed by atoms with Gasteiger partial charge in [0, 0.05) is 0 Å². The molecule has 112 valence electrons. The molecular weight excluding hydrogens is 262 g/mol. The number of ether oxygens (including phenoxy) is 1. The van der Waals surface area contributed by atoms with Gasteiger partial charge in [0.15, 0.2) is 0 Å². The maximum Gasteiger partial charge on any atom is 0.118 e. The van der Waals surface area contributed by atoms with Gasteiger partial charge in [-0.2, -0.15) is 0 Å². The zero-order valence-electron chi connectivity index (χ0n) is 12.7. The van der Waals surface area contributed by atoms with Crippen LogP contribution in [0.5, 0.6) is 11.5 Å². The van der Waals surface area contributed by atoms with E-state index in [-0.39, 0.29) is 0 Å². The third-order valence-electron chi connectivity index (χ3n) is 3.64. The number of nitrogens with one attached hydrogen (secondary N) is 1. The second kappa shape index (κ2) is 7.70. The third kappa shape index (κ3) is 4.80. The van der Waals surface area contributed by atoms with Crippen LogP contribution in [0.2, 0.25) is 0 Å². The summed E-state index contributed by atoms with van der Waals surface area (Å²) in [6.07, 6.45) is 2.01. The van der Waals surface area contributed by atoms with Crippen LogP contribution in [-0.4, -0.2) is 25.8 Å². The lowest BCUT2D eigenvalue weighted by molar-refractivity contribution is 0.414. The number of aromatic hydroxyl groups is 1. The quantitative estimate of drug-likeness (QED) is 0.821. The number of hydrogen-bond acceptors (Lipinski definition) is 3. The molecule has 1 unspecified atom stereocenters. The second-order valence-electron chi connectivity index (χ2n) is 5.35. The Morgan fingerprint density at radius 2 is 1.48 bits per heavy atom. The minimum absolute atomic E-state index is 0.319. The highest BCUT2D eigenvalue weighted by molar-refractivity contribution is 5.29. The zero-order valence-corrected chi connectivity index (χ0v) is 12.7. The molecule has 1 atom stereocenters. The molecule has 0 bridgehead atoms. The number of hydrogen-bond donors (Lipinski definition) is 2. The molecule has 0 spiro atoms. The van der Waals surface area contributed by atoms with E-state index < -0.39 is 0 Å². The summed E-state index contributed by atoms with van der Waals surface area (Å²) in [7, 11) is 3.67. The fraction of sp³-hybridized carbons (Fsp3) is 0.333. The topological polar surface area (TPSA) is 41.5 Å². The van der Waals surface area contributed by atoms with Crippen molar-refractivity contribution in [1.29, 1.82) is 0 Å². The lowest BCUT2D eigenvalue weighted by Crippen LogP contribution is -2.22. The molecule has 0 radical (unpaired) electrons. The molecule has 2 rings (SSSR count). The molecule has 0 aliphatic carbocycles. The number of rotatable bonds is 7. The molecular formula is C18H23NO2. The first-order valence-corrected chi connectivity index (χ1v) is 7.26. The van der Waals surface area contributed by atoms with Gasteiger partial charge in [0.1, 0.15) is 11.5 Å². The van der Waals surface area contributed by atoms with E-state index in [1.807, 2.05) is 31.3 Å². The maximum atomic E-state index is 9.35. The van der Waals surface area contributed by atoms with Crippen LogP contribution in [0.4, 0.5) is 0 Å². The average molecular weight is 285 g/mol. The highest BCUT2D eigenvalue weighted by Crippen LogP contribution is 2.19. The Labute approximate surface area is 126 Å². The van der Waals surface area contributed by atoms with E-state index in [0.29, 0.717) is 11.7 Å². The van der Waals surface area contributed by atoms with E-state index in [2.05, 4.69) is 17.4 Å². The van der Waals surface area contributed by atoms with Gasteiger partial charge < -0.3 is 15.2 Å². The summed E-state index contributed by atoms with van der Waals surface area (Å²) in [5.41, 5.74) is 2.57. The molecule has 3 heteroatoms. The Bertz CT molecular complexity index is 534. The van der Waals surface area contributed by atoms with Gasteiger partial charge in [0.05, 0.1) is 7.11 Å². The number of phenolic OH excluding ortho intramolecular Hbond substituents is 1. The molecule has 0 heterocycles. The van der Waals surface area contributed by atoms with Crippen LogP contribution in [-0.2, 0) is 12.8 Å². The average Bonchev–Trinajstić information content (AvgIpc) is 2.50. The lowest BCUT2D eigenvalue weighted by Gasteiger charge is -2.17. The van der Waals surface area contributed by atoms with E-state index in [0.717, 1.165) is 25.1 Å². The van der Waals surface area contributed by atoms with Crippen molar-refractivity contribution < 1.29 is 9.84 Å². The molecule has 0 saturated heterocycles. The highest BCUT2D eigenvalue weighted by Gasteiger charge is 2.10. The fourth-order valence-corrected chi connectivity index (χ4v) is 2.57. The van der Waals surface area contributed by atoms with Crippen LogP contribution in [0, 0.1) is 5.92 Å². The van der Waals surface area contributed by atoms with Crippen molar-refractivity contribution in [1.82, 2.24) is 5.32 Å². The minimum atomic E-state index is 0.319. The minimum Gasteiger partial charge on any atom is -0.508 e. The summed E-state index contributed by atoms with van der Waals surface area (Å²) in [6, 6.07) is 15.7. The predicted octanol–water partition coefficient (Wildman–Crippen LogP) is 3.02. The van der Waals surface area contributed by atoms with Crippen LogP contribution in [0.1, 0.15) is 11.1 Å². The molecule has 0 amide bonds. The van der Waals surface area contributed by atoms with Crippen LogP contribution < -0.4 is 10.1 Å². The van der Waals surface area contributed by atoms with E-state index in [9.17, 15) is 5.11 Å². The van der Waals surface area contributed by atoms with Crippen LogP contribution in [0.25, 0.3) is 0 Å². The van der Waals surface area contributed by atoms with Gasteiger partial charge in [-0.25, -0.2) is 0 Å². The van der Waals surface area contributed by atoms with E-state index in [1.54, 1.807) is 19.2 Å². The number of phenols is 1. The van der Waals surface area contributed by atoms with Crippen molar-refractivity contribution in [3.05, 3.63) is 59.7 Å². The molecule has 2 aromatic rings. The molecule has 0 fully saturated rings. The molecule has 2 N–H and O–H groups in total. The molecule has 3 nitrogen and oxygen atoms in total. The third-order valence-corrected chi connectivity index (χ3v) is 3.64. The smallest absolute Gasteiger partial charge is 0.118 e. The van der Waals surface area contributed by atoms with Gasteiger partial charge in [0.2, 0.25) is 0 Å². The lowest BCUT2D eigenvalue weighted by atomic mass is 9.92. The first-order valence-electron chi connectivity index (χ1n) is 7.26. The molecule has 21 heavy (non-hydrogen) atoms. The SMILES string of the molecule is CNCC(Cc1ccc(O)cc1)Cc1ccc(OC)cc1. The molecule has 2 aromatic carbocycles. The van der Waals surface area contributed by atoms with Gasteiger partial charge in [-0.3, -0.25) is 0 Å². The molecule has 0 aliphatic rings. The summed E-state index contributed by atoms with van der Waals surface area (Å²) >= 11 is 0. The first-order chi connectivity index (χ1) is 10.2. The summed E-state index contributed by atoms with van der Waals surface area (Å²) in [5.74, 6) is 1.73. The summed E-state index contributed by atoms with van der Waals surface area (Å²) in [5, 5.41) is 12.6. The Balaban J connectivity index is 2.02. The van der Waals surface area contributed by atoms with Crippen molar-refractivity contribution in [3.63, 3.8) is 0 Å². The Hall–Kier alpha value is -2.00. The van der Waals surface area contributed by atoms with Crippen molar-refractivity contribution in [2.45, 2.75) is 12.8 Å². The number of methoxy groups -OCH3 is 1. The van der Waals surface area contributed by atoms with Crippen molar-refractivity contribution in [3.8, 4) is 11.5 Å². The normalized spacial score (nSPS) is 12.1. The van der Waals surface area contributed by atoms with Gasteiger partial charge in [-0.15, -0.1) is 0 Å². The predicted molar refractivity (Wildman–Crippen MR) is 85.9 cm³/mol. The van der Waals surface area contributed by atoms with Gasteiger partial charge >= 0.3 is 0 Å². The van der Waals surface area contributed by atoms with Gasteiger partial charge in [0.25, 0.3) is 0 Å². The largest absolute Gasteiger partial charge is 0.508 e. The fourth-order valence-electron chi connectivity index (χ4n) is 2.57. The standard InChI is InChI=1S/C18H23NO2/c1-19-13-16(11-14-3-7-17(20)8-4-14)12-15-5-9-18(21-2)10-6-15/h3-10,16,19-20H,11-13H2,1-2H3. The number of benzene rings is 2. The Morgan fingerprint density at radius 1 is 0.952 bits per heavy atom. The maximum absolute atomic E-state index is 9.35. The van der Waals surface area contributed by atoms with Gasteiger partial charge in [-0.1, -0.05) is 24.3 Å². The van der Waals surface area contributed by atoms with E-state index >= 15 is 0 Å². The zero-order chi connectivity index (χ0) is 15.1. The van der Waals surface area contributed by atoms with E-state index in [4.69, 9.17) is 4.74 Å². The molecule has 0 aliphatic heterocycles. The summed E-state index contributed by atoms with van der Waals surface area (Å²) in [4.78, 5) is 0. The molecule has 0 aromatic heterocycles. The Kier molecular flexibility index (Phi) is 5.64. The monoisotopic (exact) mass is 285 g/mol. The van der Waals surface area contributed by atoms with Crippen molar-refractivity contribution >= 4 is 0 Å². The Morgan fingerprint density at radius 3 is 1.95 bits per heavy atom. The van der Waals surface area contributed by atoms with Crippen LogP contribution >= 0.6 is 0 Å². The van der Waals surface area contributed by atoms with E-state index in [1.165, 1.54) is 11.1 Å². The highest BCUT2D eigenvalue weighted by atomic mass is 16.5. The van der Waals surface area contributed by atoms with Crippen LogP contribution in [0.15, 0.2) is 48.5 Å². The summed E-state index contributed by atoms with van der Waals surface area (Å²) < 4.78 is 5.19. The first kappa shape index (κ1) is 15.4.